The monoisotopic (exact) mass is 404 g/mol. The van der Waals surface area contributed by atoms with E-state index in [4.69, 9.17) is 20.4 Å². The van der Waals surface area contributed by atoms with Crippen LogP contribution in [0.2, 0.25) is 0 Å². The highest BCUT2D eigenvalue weighted by molar-refractivity contribution is 6.07. The molecule has 0 aliphatic heterocycles. The highest BCUT2D eigenvalue weighted by atomic mass is 15.0. The van der Waals surface area contributed by atoms with Crippen LogP contribution in [0.1, 0.15) is 31.2 Å². The molecule has 0 unspecified atom stereocenters. The Morgan fingerprint density at radius 1 is 0.871 bits per heavy atom. The van der Waals surface area contributed by atoms with Gasteiger partial charge in [0, 0.05) is 22.3 Å². The highest BCUT2D eigenvalue weighted by Gasteiger charge is 2.14. The molecule has 1 aliphatic rings. The number of allylic oxidation sites excluding steroid dienone is 7. The molecule has 3 aromatic rings. The molecule has 31 heavy (non-hydrogen) atoms. The number of hydrogen-bond donors (Lipinski definition) is 1. The van der Waals surface area contributed by atoms with Crippen molar-refractivity contribution in [1.29, 1.82) is 5.41 Å². The molecule has 0 atom stereocenters. The lowest BCUT2D eigenvalue weighted by atomic mass is 10.0. The molecule has 4 nitrogen and oxygen atoms in total. The maximum absolute atomic E-state index is 8.36. The van der Waals surface area contributed by atoms with Gasteiger partial charge in [0.05, 0.1) is 5.71 Å². The summed E-state index contributed by atoms with van der Waals surface area (Å²) in [5.41, 5.74) is 4.94. The minimum atomic E-state index is 0.417. The third-order valence-electron chi connectivity index (χ3n) is 4.89. The van der Waals surface area contributed by atoms with E-state index >= 15 is 0 Å². The van der Waals surface area contributed by atoms with Crippen LogP contribution >= 0.6 is 0 Å². The van der Waals surface area contributed by atoms with Crippen LogP contribution in [-0.4, -0.2) is 20.7 Å². The van der Waals surface area contributed by atoms with E-state index in [0.717, 1.165) is 40.7 Å². The third-order valence-corrected chi connectivity index (χ3v) is 4.89. The van der Waals surface area contributed by atoms with E-state index in [-0.39, 0.29) is 0 Å². The average molecular weight is 405 g/mol. The first-order chi connectivity index (χ1) is 15.1. The van der Waals surface area contributed by atoms with Crippen LogP contribution in [0, 0.1) is 5.41 Å². The Labute approximate surface area is 183 Å². The zero-order valence-electron chi connectivity index (χ0n) is 17.5. The largest absolute Gasteiger partial charge is 0.300 e. The first-order valence-corrected chi connectivity index (χ1v) is 10.3. The van der Waals surface area contributed by atoms with Crippen molar-refractivity contribution in [3.05, 3.63) is 109 Å². The van der Waals surface area contributed by atoms with Gasteiger partial charge in [-0.15, -0.1) is 0 Å². The molecule has 1 aliphatic carbocycles. The second-order valence-electron chi connectivity index (χ2n) is 7.49. The van der Waals surface area contributed by atoms with Gasteiger partial charge in [0.2, 0.25) is 0 Å². The van der Waals surface area contributed by atoms with Gasteiger partial charge in [-0.05, 0) is 31.9 Å². The van der Waals surface area contributed by atoms with Crippen LogP contribution in [0.3, 0.4) is 0 Å². The van der Waals surface area contributed by atoms with E-state index in [1.54, 1.807) is 6.08 Å². The maximum atomic E-state index is 8.36. The van der Waals surface area contributed by atoms with Gasteiger partial charge in [-0.2, -0.15) is 0 Å². The van der Waals surface area contributed by atoms with Crippen molar-refractivity contribution in [2.24, 2.45) is 0 Å². The smallest absolute Gasteiger partial charge is 0.164 e. The summed E-state index contributed by atoms with van der Waals surface area (Å²) in [5.74, 6) is 1.91. The molecular weight excluding hydrogens is 380 g/mol. The Kier molecular flexibility index (Phi) is 6.08. The normalized spacial score (nSPS) is 13.3. The van der Waals surface area contributed by atoms with Crippen LogP contribution in [0.4, 0.5) is 0 Å². The molecule has 1 heterocycles. The lowest BCUT2D eigenvalue weighted by molar-refractivity contribution is 1.01. The SMILES string of the molecule is C=C(C)/C=C\C(=N)c1cccc(-c2nc(C3=CCCC=C3)nc(-c3ccccc3)n2)c1. The molecule has 1 aromatic heterocycles. The van der Waals surface area contributed by atoms with Crippen LogP contribution in [0.15, 0.2) is 97.1 Å². The molecule has 2 aromatic carbocycles. The van der Waals surface area contributed by atoms with Crippen molar-refractivity contribution in [3.8, 4) is 22.8 Å². The van der Waals surface area contributed by atoms with E-state index in [2.05, 4.69) is 24.8 Å². The quantitative estimate of drug-likeness (QED) is 0.380. The topological polar surface area (TPSA) is 62.5 Å². The summed E-state index contributed by atoms with van der Waals surface area (Å²) in [6, 6.07) is 17.7. The lowest BCUT2D eigenvalue weighted by Gasteiger charge is -2.11. The number of nitrogens with one attached hydrogen (secondary N) is 1. The van der Waals surface area contributed by atoms with Crippen molar-refractivity contribution >= 4 is 11.3 Å². The van der Waals surface area contributed by atoms with Crippen LogP contribution in [-0.2, 0) is 0 Å². The second-order valence-corrected chi connectivity index (χ2v) is 7.49. The fourth-order valence-corrected chi connectivity index (χ4v) is 3.28. The molecule has 0 saturated carbocycles. The second kappa shape index (κ2) is 9.26. The summed E-state index contributed by atoms with van der Waals surface area (Å²) >= 11 is 0. The fraction of sp³-hybridized carbons (Fsp3) is 0.111. The Morgan fingerprint density at radius 2 is 1.58 bits per heavy atom. The molecule has 4 heteroatoms. The van der Waals surface area contributed by atoms with Gasteiger partial charge in [0.15, 0.2) is 17.5 Å². The van der Waals surface area contributed by atoms with Crippen molar-refractivity contribution in [2.45, 2.75) is 19.8 Å². The van der Waals surface area contributed by atoms with Crippen molar-refractivity contribution in [3.63, 3.8) is 0 Å². The molecule has 0 bridgehead atoms. The highest BCUT2D eigenvalue weighted by Crippen LogP contribution is 2.25. The van der Waals surface area contributed by atoms with Gasteiger partial charge in [0.25, 0.3) is 0 Å². The van der Waals surface area contributed by atoms with E-state index < -0.39 is 0 Å². The molecule has 0 fully saturated rings. The number of benzene rings is 2. The summed E-state index contributed by atoms with van der Waals surface area (Å²) < 4.78 is 0. The number of hydrogen-bond acceptors (Lipinski definition) is 4. The predicted octanol–water partition coefficient (Wildman–Crippen LogP) is 6.44. The zero-order chi connectivity index (χ0) is 21.6. The molecular formula is C27H24N4. The molecule has 1 N–H and O–H groups in total. The molecule has 4 rings (SSSR count). The van der Waals surface area contributed by atoms with Crippen molar-refractivity contribution in [2.75, 3.05) is 0 Å². The van der Waals surface area contributed by atoms with E-state index in [0.29, 0.717) is 23.2 Å². The van der Waals surface area contributed by atoms with Gasteiger partial charge in [-0.25, -0.2) is 15.0 Å². The maximum Gasteiger partial charge on any atom is 0.164 e. The van der Waals surface area contributed by atoms with Crippen LogP contribution in [0.25, 0.3) is 28.3 Å². The Hall–Kier alpha value is -3.92. The van der Waals surface area contributed by atoms with Gasteiger partial charge in [-0.1, -0.05) is 85.0 Å². The average Bonchev–Trinajstić information content (AvgIpc) is 2.83. The Morgan fingerprint density at radius 3 is 2.29 bits per heavy atom. The Balaban J connectivity index is 1.80. The Bertz CT molecular complexity index is 1220. The lowest BCUT2D eigenvalue weighted by Crippen LogP contribution is -2.03. The zero-order valence-corrected chi connectivity index (χ0v) is 17.5. The fourth-order valence-electron chi connectivity index (χ4n) is 3.28. The minimum absolute atomic E-state index is 0.417. The number of rotatable bonds is 6. The summed E-state index contributed by atoms with van der Waals surface area (Å²) in [4.78, 5) is 14.3. The molecule has 0 saturated heterocycles. The van der Waals surface area contributed by atoms with Crippen LogP contribution in [0.5, 0.6) is 0 Å². The van der Waals surface area contributed by atoms with Gasteiger partial charge in [-0.3, -0.25) is 0 Å². The molecule has 0 spiro atoms. The summed E-state index contributed by atoms with van der Waals surface area (Å²) in [5, 5.41) is 8.36. The van der Waals surface area contributed by atoms with E-state index in [9.17, 15) is 0 Å². The number of aromatic nitrogens is 3. The van der Waals surface area contributed by atoms with Crippen molar-refractivity contribution in [1.82, 2.24) is 15.0 Å². The predicted molar refractivity (Wildman–Crippen MR) is 128 cm³/mol. The van der Waals surface area contributed by atoms with Crippen molar-refractivity contribution < 1.29 is 0 Å². The van der Waals surface area contributed by atoms with Crippen LogP contribution < -0.4 is 0 Å². The number of nitrogens with zero attached hydrogens (tertiary/aromatic N) is 3. The van der Waals surface area contributed by atoms with E-state index in [1.165, 1.54) is 0 Å². The molecule has 0 radical (unpaired) electrons. The van der Waals surface area contributed by atoms with E-state index in [1.807, 2.05) is 67.6 Å². The molecule has 152 valence electrons. The molecule has 0 amide bonds. The minimum Gasteiger partial charge on any atom is -0.300 e. The van der Waals surface area contributed by atoms with Gasteiger partial charge < -0.3 is 5.41 Å². The van der Waals surface area contributed by atoms with Gasteiger partial charge in [0.1, 0.15) is 0 Å². The summed E-state index contributed by atoms with van der Waals surface area (Å²) in [6.45, 7) is 5.77. The summed E-state index contributed by atoms with van der Waals surface area (Å²) in [6.07, 6.45) is 12.0. The summed E-state index contributed by atoms with van der Waals surface area (Å²) in [7, 11) is 0. The van der Waals surface area contributed by atoms with Gasteiger partial charge >= 0.3 is 0 Å². The third kappa shape index (κ3) is 4.98. The first kappa shape index (κ1) is 20.4. The standard InChI is InChI=1S/C27H24N4/c1-19(2)16-17-24(28)22-14-9-15-23(18-22)27-30-25(20-10-5-3-6-11-20)29-26(31-27)21-12-7-4-8-13-21/h3,5-7,9-18,28H,1,4,8H2,2H3/b17-16-,28-24?. The first-order valence-electron chi connectivity index (χ1n) is 10.3.